The monoisotopic (exact) mass is 1740 g/mol. The molecule has 0 saturated carbocycles. The molecule has 0 N–H and O–H groups in total. The van der Waals surface area contributed by atoms with Gasteiger partial charge in [0.25, 0.3) is 0 Å². The van der Waals surface area contributed by atoms with Gasteiger partial charge in [-0.15, -0.1) is 0 Å². The van der Waals surface area contributed by atoms with Gasteiger partial charge in [0.05, 0.1) is 33.4 Å². The fourth-order valence-electron chi connectivity index (χ4n) is 24.5. The molecule has 0 radical (unpaired) electrons. The van der Waals surface area contributed by atoms with E-state index in [-0.39, 0.29) is 21.7 Å². The van der Waals surface area contributed by atoms with Crippen molar-refractivity contribution in [3.63, 3.8) is 0 Å². The summed E-state index contributed by atoms with van der Waals surface area (Å²) in [4.78, 5) is 4.99. The van der Waals surface area contributed by atoms with Crippen LogP contribution in [0.2, 0.25) is 0 Å². The molecule has 0 amide bonds. The van der Waals surface area contributed by atoms with E-state index < -0.39 is 0 Å². The largest absolute Gasteiger partial charge is 0.310 e. The predicted molar refractivity (Wildman–Crippen MR) is 573 cm³/mol. The summed E-state index contributed by atoms with van der Waals surface area (Å²) in [5.74, 6) is 0. The standard InChI is InChI=1S/C132H98N4/c1-129(2)114-51-22-16-42-108(114)125-104(46-30-53-117(125)129)100-39-18-24-55-119(100)133(94-72-62-85(63-73-94)97-44-28-48-106-99-38-15-21-50-113(99)131(5,6)127(97)106)93-68-58-83(59-69-93)87-67-77-123-112(81-87)103-74-64-89(82-124(103)136(123)92-35-13-10-14-36-92)88-65-75-116-110(79-88)107-49-29-45-98(128(107)132(116,7)8)90-32-27-37-96(78-90)134(120-56-25-19-40-101(120)105-47-31-54-118-126(105)109-43-17-23-52-115(109)130(118,3)4)95-70-60-84(61-71-95)86-66-76-122-111(80-86)102-41-20-26-57-121(102)135(122)91-33-11-9-12-34-91/h9-82H,1-8H3. The van der Waals surface area contributed by atoms with Gasteiger partial charge in [-0.05, 0) is 283 Å². The molecule has 4 nitrogen and oxygen atoms in total. The van der Waals surface area contributed by atoms with E-state index in [1.165, 1.54) is 183 Å². The van der Waals surface area contributed by atoms with E-state index in [1.54, 1.807) is 0 Å². The Labute approximate surface area is 795 Å². The molecule has 0 fully saturated rings. The lowest BCUT2D eigenvalue weighted by Crippen LogP contribution is -2.16. The Kier molecular flexibility index (Phi) is 18.1. The highest BCUT2D eigenvalue weighted by Gasteiger charge is 2.43. The molecule has 2 heterocycles. The van der Waals surface area contributed by atoms with E-state index in [1.807, 2.05) is 0 Å². The third-order valence-corrected chi connectivity index (χ3v) is 30.9. The average molecular weight is 1740 g/mol. The van der Waals surface area contributed by atoms with Gasteiger partial charge in [0.1, 0.15) is 0 Å². The zero-order valence-corrected chi connectivity index (χ0v) is 77.5. The molecule has 4 heteroatoms. The van der Waals surface area contributed by atoms with Gasteiger partial charge in [-0.2, -0.15) is 0 Å². The predicted octanol–water partition coefficient (Wildman–Crippen LogP) is 35.7. The van der Waals surface area contributed by atoms with Crippen molar-refractivity contribution in [2.24, 2.45) is 0 Å². The zero-order chi connectivity index (χ0) is 91.2. The SMILES string of the molecule is CC1(C)c2ccccc2-c2c(-c3ccccc3N(c3ccc(-c4ccc5c(c4)c4ccc(-c6ccc7c(c6)-c6cccc(-c8cccc(N(c9ccc(-c%10ccc%11c(c%10)c%10ccccc%10n%11-c%10ccccc%10)cc9)c9ccccc9-c9cccc%10c9-c9ccccc9C%10(C)C)c8)c6C7(C)C)cc4n5-c4ccccc4)cc3)c3ccc(-c4cccc5c4C(C)(C)c4ccccc4-5)cc3)cccc21. The van der Waals surface area contributed by atoms with Crippen molar-refractivity contribution in [1.82, 2.24) is 9.13 Å². The molecule has 0 spiro atoms. The van der Waals surface area contributed by atoms with Crippen molar-refractivity contribution in [2.45, 2.75) is 77.0 Å². The molecule has 20 aromatic carbocycles. The maximum absolute atomic E-state index is 2.51. The van der Waals surface area contributed by atoms with Crippen molar-refractivity contribution >= 4 is 77.7 Å². The Morgan fingerprint density at radius 2 is 0.515 bits per heavy atom. The van der Waals surface area contributed by atoms with Crippen molar-refractivity contribution < 1.29 is 0 Å². The second kappa shape index (κ2) is 30.6. The number of fused-ring (bicyclic) bond motifs is 18. The molecule has 136 heavy (non-hydrogen) atoms. The Balaban J connectivity index is 0.555. The van der Waals surface area contributed by atoms with Crippen LogP contribution in [0.4, 0.5) is 34.1 Å². The molecule has 646 valence electrons. The van der Waals surface area contributed by atoms with Crippen LogP contribution >= 0.6 is 0 Å². The molecule has 2 aromatic heterocycles. The minimum Gasteiger partial charge on any atom is -0.310 e. The first-order valence-electron chi connectivity index (χ1n) is 47.9. The topological polar surface area (TPSA) is 16.3 Å². The average Bonchev–Trinajstić information content (AvgIpc) is 1.58. The Bertz CT molecular complexity index is 8690. The molecule has 0 aliphatic heterocycles. The number of hydrogen-bond acceptors (Lipinski definition) is 2. The number of para-hydroxylation sites is 5. The van der Waals surface area contributed by atoms with Crippen LogP contribution in [0.15, 0.2) is 449 Å². The summed E-state index contributed by atoms with van der Waals surface area (Å²) in [6, 6.07) is 169. The van der Waals surface area contributed by atoms with Crippen LogP contribution < -0.4 is 9.80 Å². The van der Waals surface area contributed by atoms with Crippen molar-refractivity contribution in [3.05, 3.63) is 493 Å². The quantitative estimate of drug-likeness (QED) is 0.102. The van der Waals surface area contributed by atoms with E-state index in [2.05, 4.69) is 523 Å². The van der Waals surface area contributed by atoms with E-state index in [0.29, 0.717) is 0 Å². The van der Waals surface area contributed by atoms with Gasteiger partial charge in [-0.3, -0.25) is 0 Å². The fourth-order valence-corrected chi connectivity index (χ4v) is 24.5. The molecule has 22 aromatic rings. The van der Waals surface area contributed by atoms with E-state index in [4.69, 9.17) is 0 Å². The molecule has 0 unspecified atom stereocenters. The van der Waals surface area contributed by atoms with Crippen LogP contribution in [0, 0.1) is 0 Å². The van der Waals surface area contributed by atoms with Crippen LogP contribution in [0.25, 0.3) is 177 Å². The van der Waals surface area contributed by atoms with E-state index in [9.17, 15) is 0 Å². The molecule has 0 atom stereocenters. The smallest absolute Gasteiger partial charge is 0.0547 e. The zero-order valence-electron chi connectivity index (χ0n) is 77.5. The molecule has 0 bridgehead atoms. The molecule has 4 aliphatic carbocycles. The Morgan fingerprint density at radius 1 is 0.169 bits per heavy atom. The summed E-state index contributed by atoms with van der Waals surface area (Å²) in [7, 11) is 0. The normalized spacial score (nSPS) is 14.0. The lowest BCUT2D eigenvalue weighted by atomic mass is 9.78. The summed E-state index contributed by atoms with van der Waals surface area (Å²) in [5, 5.41) is 4.87. The third kappa shape index (κ3) is 12.2. The van der Waals surface area contributed by atoms with Gasteiger partial charge in [0.15, 0.2) is 0 Å². The van der Waals surface area contributed by atoms with Crippen molar-refractivity contribution in [1.29, 1.82) is 0 Å². The highest BCUT2D eigenvalue weighted by molar-refractivity contribution is 6.13. The van der Waals surface area contributed by atoms with Crippen LogP contribution in [0.5, 0.6) is 0 Å². The lowest BCUT2D eigenvalue weighted by Gasteiger charge is -2.30. The minimum atomic E-state index is -0.335. The first-order chi connectivity index (χ1) is 66.5. The minimum absolute atomic E-state index is 0.149. The highest BCUT2D eigenvalue weighted by Crippen LogP contribution is 2.60. The number of benzene rings is 20. The number of rotatable bonds is 15. The summed E-state index contributed by atoms with van der Waals surface area (Å²) < 4.78 is 4.86. The van der Waals surface area contributed by atoms with Gasteiger partial charge < -0.3 is 18.9 Å². The van der Waals surface area contributed by atoms with Crippen molar-refractivity contribution in [2.75, 3.05) is 9.80 Å². The number of hydrogen-bond donors (Lipinski definition) is 0. The van der Waals surface area contributed by atoms with Gasteiger partial charge in [0, 0.05) is 88.5 Å². The van der Waals surface area contributed by atoms with Crippen LogP contribution in [-0.4, -0.2) is 9.13 Å². The summed E-state index contributed by atoms with van der Waals surface area (Å²) in [6.45, 7) is 19.1. The van der Waals surface area contributed by atoms with Crippen molar-refractivity contribution in [3.8, 4) is 134 Å². The van der Waals surface area contributed by atoms with Crippen LogP contribution in [-0.2, 0) is 21.7 Å². The maximum atomic E-state index is 2.51. The fraction of sp³-hybridized carbons (Fsp3) is 0.0909. The summed E-state index contributed by atoms with van der Waals surface area (Å²) >= 11 is 0. The first kappa shape index (κ1) is 80.5. The lowest BCUT2D eigenvalue weighted by molar-refractivity contribution is 0.660. The van der Waals surface area contributed by atoms with Gasteiger partial charge >= 0.3 is 0 Å². The molecular weight excluding hydrogens is 1640 g/mol. The Morgan fingerprint density at radius 3 is 1.06 bits per heavy atom. The van der Waals surface area contributed by atoms with Gasteiger partial charge in [0.2, 0.25) is 0 Å². The third-order valence-electron chi connectivity index (χ3n) is 30.9. The van der Waals surface area contributed by atoms with Crippen LogP contribution in [0.3, 0.4) is 0 Å². The molecule has 0 saturated heterocycles. The highest BCUT2D eigenvalue weighted by atomic mass is 15.2. The second-order valence-electron chi connectivity index (χ2n) is 39.8. The van der Waals surface area contributed by atoms with Crippen LogP contribution in [0.1, 0.15) is 99.9 Å². The Hall–Kier alpha value is -16.4. The molecule has 4 aliphatic rings. The molecular formula is C132H98N4. The maximum Gasteiger partial charge on any atom is 0.0547 e. The first-order valence-corrected chi connectivity index (χ1v) is 47.9. The number of nitrogens with zero attached hydrogens (tertiary/aromatic N) is 4. The number of anilines is 6. The summed E-state index contributed by atoms with van der Waals surface area (Å²) in [5.41, 5.74) is 50.7. The molecule has 26 rings (SSSR count). The van der Waals surface area contributed by atoms with Gasteiger partial charge in [-0.25, -0.2) is 0 Å². The van der Waals surface area contributed by atoms with Gasteiger partial charge in [-0.1, -0.05) is 377 Å². The van der Waals surface area contributed by atoms with E-state index in [0.717, 1.165) is 73.2 Å². The second-order valence-corrected chi connectivity index (χ2v) is 39.8. The summed E-state index contributed by atoms with van der Waals surface area (Å²) in [6.07, 6.45) is 0. The number of aromatic nitrogens is 2. The van der Waals surface area contributed by atoms with E-state index >= 15 is 0 Å².